The first kappa shape index (κ1) is 17.2. The summed E-state index contributed by atoms with van der Waals surface area (Å²) in [6.45, 7) is 6.06. The third-order valence-electron chi connectivity index (χ3n) is 5.00. The van der Waals surface area contributed by atoms with Crippen LogP contribution in [0, 0.1) is 0 Å². The molecule has 0 saturated heterocycles. The number of benzene rings is 1. The minimum Gasteiger partial charge on any atom is -0.308 e. The topological polar surface area (TPSA) is 42.7 Å². The van der Waals surface area contributed by atoms with Crippen LogP contribution in [0.3, 0.4) is 0 Å². The zero-order chi connectivity index (χ0) is 16.8. The fourth-order valence-electron chi connectivity index (χ4n) is 3.42. The highest BCUT2D eigenvalue weighted by molar-refractivity contribution is 5.24. The Labute approximate surface area is 145 Å². The number of nitrogens with one attached hydrogen (secondary N) is 1. The molecule has 4 heteroatoms. The lowest BCUT2D eigenvalue weighted by atomic mass is 10.0. The highest BCUT2D eigenvalue weighted by Gasteiger charge is 2.12. The molecule has 1 aromatic carbocycles. The molecule has 1 fully saturated rings. The maximum absolute atomic E-state index is 4.32. The van der Waals surface area contributed by atoms with Gasteiger partial charge in [-0.15, -0.1) is 5.10 Å². The molecule has 1 aromatic heterocycles. The summed E-state index contributed by atoms with van der Waals surface area (Å²) in [6, 6.07) is 9.47. The second-order valence-corrected chi connectivity index (χ2v) is 7.37. The van der Waals surface area contributed by atoms with Crippen molar-refractivity contribution in [1.82, 2.24) is 20.3 Å². The Hall–Kier alpha value is -1.68. The van der Waals surface area contributed by atoms with Crippen LogP contribution in [0.4, 0.5) is 0 Å². The van der Waals surface area contributed by atoms with Crippen molar-refractivity contribution in [1.29, 1.82) is 0 Å². The molecule has 130 valence electrons. The van der Waals surface area contributed by atoms with Crippen molar-refractivity contribution >= 4 is 0 Å². The first-order valence-corrected chi connectivity index (χ1v) is 9.42. The third kappa shape index (κ3) is 4.91. The van der Waals surface area contributed by atoms with E-state index in [1.54, 1.807) is 0 Å². The molecule has 3 rings (SSSR count). The summed E-state index contributed by atoms with van der Waals surface area (Å²) in [6.07, 6.45) is 10.2. The fourth-order valence-corrected chi connectivity index (χ4v) is 3.42. The second-order valence-electron chi connectivity index (χ2n) is 7.37. The third-order valence-corrected chi connectivity index (χ3v) is 5.00. The lowest BCUT2D eigenvalue weighted by Crippen LogP contribution is -2.28. The number of hydrogen-bond acceptors (Lipinski definition) is 3. The summed E-state index contributed by atoms with van der Waals surface area (Å²) < 4.78 is 1.94. The van der Waals surface area contributed by atoms with E-state index in [-0.39, 0.29) is 0 Å². The molecule has 0 bridgehead atoms. The molecule has 0 spiro atoms. The zero-order valence-corrected chi connectivity index (χ0v) is 15.0. The van der Waals surface area contributed by atoms with Gasteiger partial charge < -0.3 is 5.32 Å². The highest BCUT2D eigenvalue weighted by Crippen LogP contribution is 2.18. The Morgan fingerprint density at radius 3 is 2.46 bits per heavy atom. The molecule has 1 N–H and O–H groups in total. The van der Waals surface area contributed by atoms with Crippen LogP contribution in [-0.2, 0) is 13.1 Å². The molecular weight excluding hydrogens is 296 g/mol. The Kier molecular flexibility index (Phi) is 6.02. The minimum atomic E-state index is 0.576. The summed E-state index contributed by atoms with van der Waals surface area (Å²) in [7, 11) is 0. The first-order valence-electron chi connectivity index (χ1n) is 9.42. The SMILES string of the molecule is CC(C)c1ccc(Cn2cc(CNC3CCCCCC3)nn2)cc1. The largest absolute Gasteiger partial charge is 0.308 e. The van der Waals surface area contributed by atoms with Crippen LogP contribution in [0.2, 0.25) is 0 Å². The molecule has 1 aliphatic rings. The van der Waals surface area contributed by atoms with Crippen LogP contribution in [0.5, 0.6) is 0 Å². The van der Waals surface area contributed by atoms with E-state index in [1.165, 1.54) is 49.7 Å². The average molecular weight is 326 g/mol. The van der Waals surface area contributed by atoms with Crippen molar-refractivity contribution in [2.75, 3.05) is 0 Å². The standard InChI is InChI=1S/C20H30N4/c1-16(2)18-11-9-17(10-12-18)14-24-15-20(22-23-24)13-21-19-7-5-3-4-6-8-19/h9-12,15-16,19,21H,3-8,13-14H2,1-2H3. The van der Waals surface area contributed by atoms with E-state index in [0.717, 1.165) is 18.8 Å². The Morgan fingerprint density at radius 1 is 1.08 bits per heavy atom. The van der Waals surface area contributed by atoms with Gasteiger partial charge in [-0.05, 0) is 29.9 Å². The summed E-state index contributed by atoms with van der Waals surface area (Å²) in [4.78, 5) is 0. The van der Waals surface area contributed by atoms with Gasteiger partial charge in [-0.3, -0.25) is 0 Å². The van der Waals surface area contributed by atoms with E-state index in [0.29, 0.717) is 12.0 Å². The summed E-state index contributed by atoms with van der Waals surface area (Å²) >= 11 is 0. The number of aromatic nitrogens is 3. The lowest BCUT2D eigenvalue weighted by molar-refractivity contribution is 0.456. The van der Waals surface area contributed by atoms with Crippen LogP contribution in [0.15, 0.2) is 30.5 Å². The molecule has 0 aliphatic heterocycles. The molecule has 0 atom stereocenters. The highest BCUT2D eigenvalue weighted by atomic mass is 15.4. The molecule has 1 heterocycles. The van der Waals surface area contributed by atoms with Gasteiger partial charge in [0.2, 0.25) is 0 Å². The lowest BCUT2D eigenvalue weighted by Gasteiger charge is -2.14. The van der Waals surface area contributed by atoms with Crippen molar-refractivity contribution in [3.05, 3.63) is 47.3 Å². The minimum absolute atomic E-state index is 0.576. The normalized spacial score (nSPS) is 16.5. The second kappa shape index (κ2) is 8.43. The molecule has 1 aliphatic carbocycles. The van der Waals surface area contributed by atoms with E-state index in [9.17, 15) is 0 Å². The average Bonchev–Trinajstić information content (AvgIpc) is 2.86. The smallest absolute Gasteiger partial charge is 0.0965 e. The monoisotopic (exact) mass is 326 g/mol. The number of nitrogens with zero attached hydrogens (tertiary/aromatic N) is 3. The zero-order valence-electron chi connectivity index (χ0n) is 15.0. The van der Waals surface area contributed by atoms with Gasteiger partial charge in [-0.1, -0.05) is 69.0 Å². The maximum atomic E-state index is 4.32. The van der Waals surface area contributed by atoms with Crippen LogP contribution < -0.4 is 5.32 Å². The van der Waals surface area contributed by atoms with Crippen molar-refractivity contribution in [3.8, 4) is 0 Å². The van der Waals surface area contributed by atoms with Gasteiger partial charge in [0.25, 0.3) is 0 Å². The van der Waals surface area contributed by atoms with Crippen molar-refractivity contribution in [3.63, 3.8) is 0 Å². The predicted molar refractivity (Wildman–Crippen MR) is 98.0 cm³/mol. The Morgan fingerprint density at radius 2 is 1.79 bits per heavy atom. The maximum Gasteiger partial charge on any atom is 0.0965 e. The molecule has 0 unspecified atom stereocenters. The predicted octanol–water partition coefficient (Wildman–Crippen LogP) is 4.26. The molecule has 4 nitrogen and oxygen atoms in total. The van der Waals surface area contributed by atoms with Crippen LogP contribution >= 0.6 is 0 Å². The summed E-state index contributed by atoms with van der Waals surface area (Å²) in [5, 5.41) is 12.3. The van der Waals surface area contributed by atoms with Gasteiger partial charge in [-0.2, -0.15) is 0 Å². The van der Waals surface area contributed by atoms with Crippen LogP contribution in [0.25, 0.3) is 0 Å². The Bertz CT molecular complexity index is 607. The van der Waals surface area contributed by atoms with E-state index in [2.05, 4.69) is 59.9 Å². The van der Waals surface area contributed by atoms with Crippen LogP contribution in [-0.4, -0.2) is 21.0 Å². The summed E-state index contributed by atoms with van der Waals surface area (Å²) in [5.41, 5.74) is 3.69. The van der Waals surface area contributed by atoms with E-state index in [1.807, 2.05) is 4.68 Å². The number of hydrogen-bond donors (Lipinski definition) is 1. The first-order chi connectivity index (χ1) is 11.7. The quantitative estimate of drug-likeness (QED) is 0.807. The van der Waals surface area contributed by atoms with Crippen LogP contribution in [0.1, 0.15) is 75.1 Å². The molecular formula is C20H30N4. The van der Waals surface area contributed by atoms with Crippen molar-refractivity contribution in [2.45, 2.75) is 77.4 Å². The number of rotatable bonds is 6. The van der Waals surface area contributed by atoms with E-state index < -0.39 is 0 Å². The van der Waals surface area contributed by atoms with Crippen molar-refractivity contribution in [2.24, 2.45) is 0 Å². The van der Waals surface area contributed by atoms with E-state index >= 15 is 0 Å². The fraction of sp³-hybridized carbons (Fsp3) is 0.600. The molecule has 24 heavy (non-hydrogen) atoms. The van der Waals surface area contributed by atoms with Gasteiger partial charge in [0, 0.05) is 12.6 Å². The van der Waals surface area contributed by atoms with Crippen molar-refractivity contribution < 1.29 is 0 Å². The molecule has 2 aromatic rings. The van der Waals surface area contributed by atoms with Gasteiger partial charge in [0.15, 0.2) is 0 Å². The van der Waals surface area contributed by atoms with Gasteiger partial charge in [0.05, 0.1) is 18.4 Å². The molecule has 1 saturated carbocycles. The molecule has 0 amide bonds. The van der Waals surface area contributed by atoms with Gasteiger partial charge >= 0.3 is 0 Å². The van der Waals surface area contributed by atoms with Gasteiger partial charge in [0.1, 0.15) is 0 Å². The Balaban J connectivity index is 1.51. The summed E-state index contributed by atoms with van der Waals surface area (Å²) in [5.74, 6) is 0.576. The van der Waals surface area contributed by atoms with E-state index in [4.69, 9.17) is 0 Å². The molecule has 0 radical (unpaired) electrons. The van der Waals surface area contributed by atoms with Gasteiger partial charge in [-0.25, -0.2) is 4.68 Å².